The van der Waals surface area contributed by atoms with Crippen molar-refractivity contribution < 1.29 is 13.5 Å². The van der Waals surface area contributed by atoms with Crippen molar-refractivity contribution in [1.29, 1.82) is 0 Å². The minimum absolute atomic E-state index is 0.0811. The Hall–Kier alpha value is -2.69. The molecule has 0 bridgehead atoms. The van der Waals surface area contributed by atoms with E-state index in [1.165, 1.54) is 6.07 Å². The zero-order chi connectivity index (χ0) is 21.9. The standard InChI is InChI=1S/C21H25F2N7O/c1-11-25-21(29(3)27-11)20-26-17-8-30(9-18(17)28(20)2)13-7-16(24)19(31-10-13)14-6-12(22)4-5-15(14)23/h4-6,13,16,19H,7-10,24H2,1-3H3/t13-,16+,19-/m1/s1. The van der Waals surface area contributed by atoms with Gasteiger partial charge in [-0.1, -0.05) is 0 Å². The van der Waals surface area contributed by atoms with Gasteiger partial charge in [-0.05, 0) is 31.5 Å². The van der Waals surface area contributed by atoms with Crippen LogP contribution in [0.2, 0.25) is 0 Å². The minimum Gasteiger partial charge on any atom is -0.370 e. The summed E-state index contributed by atoms with van der Waals surface area (Å²) in [4.78, 5) is 11.6. The van der Waals surface area contributed by atoms with E-state index >= 15 is 0 Å². The third-order valence-corrected chi connectivity index (χ3v) is 6.25. The van der Waals surface area contributed by atoms with Gasteiger partial charge in [-0.3, -0.25) is 4.90 Å². The number of fused-ring (bicyclic) bond motifs is 1. The fraction of sp³-hybridized carbons (Fsp3) is 0.476. The summed E-state index contributed by atoms with van der Waals surface area (Å²) in [5.74, 6) is 1.25. The van der Waals surface area contributed by atoms with Crippen molar-refractivity contribution in [1.82, 2.24) is 29.2 Å². The van der Waals surface area contributed by atoms with Crippen LogP contribution in [0.3, 0.4) is 0 Å². The molecule has 2 N–H and O–H groups in total. The van der Waals surface area contributed by atoms with Gasteiger partial charge in [-0.15, -0.1) is 0 Å². The number of imidazole rings is 1. The normalized spacial score (nSPS) is 24.0. The van der Waals surface area contributed by atoms with Gasteiger partial charge in [-0.2, -0.15) is 5.10 Å². The number of benzene rings is 1. The number of rotatable bonds is 3. The molecule has 2 aromatic heterocycles. The lowest BCUT2D eigenvalue weighted by Crippen LogP contribution is -2.47. The molecule has 0 spiro atoms. The first-order valence-corrected chi connectivity index (χ1v) is 10.3. The van der Waals surface area contributed by atoms with E-state index in [2.05, 4.69) is 19.5 Å². The van der Waals surface area contributed by atoms with Crippen LogP contribution in [0.5, 0.6) is 0 Å². The van der Waals surface area contributed by atoms with Gasteiger partial charge in [0.25, 0.3) is 0 Å². The Bertz CT molecular complexity index is 1140. The van der Waals surface area contributed by atoms with Gasteiger partial charge in [0.05, 0.1) is 18.0 Å². The molecule has 3 atom stereocenters. The Kier molecular flexibility index (Phi) is 4.87. The summed E-state index contributed by atoms with van der Waals surface area (Å²) in [7, 11) is 3.85. The van der Waals surface area contributed by atoms with Crippen LogP contribution in [0, 0.1) is 18.6 Å². The van der Waals surface area contributed by atoms with Crippen LogP contribution in [0.15, 0.2) is 18.2 Å². The molecule has 1 aromatic carbocycles. The average Bonchev–Trinajstić information content (AvgIpc) is 3.38. The van der Waals surface area contributed by atoms with Crippen molar-refractivity contribution in [3.63, 3.8) is 0 Å². The zero-order valence-corrected chi connectivity index (χ0v) is 17.7. The molecule has 1 saturated heterocycles. The van der Waals surface area contributed by atoms with Crippen LogP contribution in [0.4, 0.5) is 8.78 Å². The van der Waals surface area contributed by atoms with Crippen molar-refractivity contribution in [2.45, 2.75) is 44.6 Å². The Balaban J connectivity index is 1.30. The Morgan fingerprint density at radius 3 is 2.61 bits per heavy atom. The quantitative estimate of drug-likeness (QED) is 0.685. The second kappa shape index (κ2) is 7.47. The summed E-state index contributed by atoms with van der Waals surface area (Å²) >= 11 is 0. The molecular weight excluding hydrogens is 404 g/mol. The topological polar surface area (TPSA) is 87.0 Å². The summed E-state index contributed by atoms with van der Waals surface area (Å²) in [6.07, 6.45) is -0.0231. The number of hydrogen-bond donors (Lipinski definition) is 1. The number of halogens is 2. The molecule has 0 amide bonds. The maximum atomic E-state index is 14.2. The maximum Gasteiger partial charge on any atom is 0.194 e. The molecule has 0 aliphatic carbocycles. The summed E-state index contributed by atoms with van der Waals surface area (Å²) in [5.41, 5.74) is 8.65. The molecule has 0 unspecified atom stereocenters. The summed E-state index contributed by atoms with van der Waals surface area (Å²) in [6.45, 7) is 3.66. The van der Waals surface area contributed by atoms with E-state index in [9.17, 15) is 8.78 Å². The number of ether oxygens (including phenoxy) is 1. The molecule has 0 saturated carbocycles. The molecule has 4 heterocycles. The minimum atomic E-state index is -0.652. The van der Waals surface area contributed by atoms with E-state index in [0.29, 0.717) is 25.4 Å². The monoisotopic (exact) mass is 429 g/mol. The van der Waals surface area contributed by atoms with E-state index in [1.54, 1.807) is 4.68 Å². The van der Waals surface area contributed by atoms with Gasteiger partial charge in [0.1, 0.15) is 23.6 Å². The third kappa shape index (κ3) is 3.44. The van der Waals surface area contributed by atoms with Crippen LogP contribution in [0.1, 0.15) is 35.3 Å². The first-order valence-electron chi connectivity index (χ1n) is 10.3. The van der Waals surface area contributed by atoms with Gasteiger partial charge < -0.3 is 15.0 Å². The number of nitrogens with two attached hydrogens (primary N) is 1. The highest BCUT2D eigenvalue weighted by atomic mass is 19.1. The zero-order valence-electron chi connectivity index (χ0n) is 17.7. The summed E-state index contributed by atoms with van der Waals surface area (Å²) in [6, 6.07) is 3.04. The van der Waals surface area contributed by atoms with E-state index in [4.69, 9.17) is 15.5 Å². The smallest absolute Gasteiger partial charge is 0.194 e. The number of nitrogens with zero attached hydrogens (tertiary/aromatic N) is 6. The highest BCUT2D eigenvalue weighted by Crippen LogP contribution is 2.35. The van der Waals surface area contributed by atoms with Crippen LogP contribution in [0.25, 0.3) is 11.6 Å². The lowest BCUT2D eigenvalue weighted by molar-refractivity contribution is -0.0534. The molecule has 1 fully saturated rings. The SMILES string of the molecule is Cc1nc(-c2nc3c(n2C)CN([C@H]2CO[C@H](c4cc(F)ccc4F)[C@@H](N)C2)C3)n(C)n1. The Morgan fingerprint density at radius 1 is 1.13 bits per heavy atom. The first-order chi connectivity index (χ1) is 14.8. The van der Waals surface area contributed by atoms with Crippen LogP contribution >= 0.6 is 0 Å². The number of hydrogen-bond acceptors (Lipinski definition) is 6. The predicted octanol–water partition coefficient (Wildman–Crippen LogP) is 1.98. The summed E-state index contributed by atoms with van der Waals surface area (Å²) in [5, 5.41) is 4.31. The molecule has 0 radical (unpaired) electrons. The lowest BCUT2D eigenvalue weighted by Gasteiger charge is -2.38. The largest absolute Gasteiger partial charge is 0.370 e. The van der Waals surface area contributed by atoms with E-state index in [0.717, 1.165) is 41.7 Å². The van der Waals surface area contributed by atoms with Crippen LogP contribution in [-0.2, 0) is 31.9 Å². The first kappa shape index (κ1) is 20.2. The average molecular weight is 429 g/mol. The predicted molar refractivity (Wildman–Crippen MR) is 109 cm³/mol. The number of aromatic nitrogens is 5. The second-order valence-corrected chi connectivity index (χ2v) is 8.37. The van der Waals surface area contributed by atoms with Gasteiger partial charge in [0.2, 0.25) is 0 Å². The highest BCUT2D eigenvalue weighted by Gasteiger charge is 2.38. The molecule has 5 rings (SSSR count). The molecule has 3 aromatic rings. The molecule has 31 heavy (non-hydrogen) atoms. The number of aryl methyl sites for hydroxylation is 2. The third-order valence-electron chi connectivity index (χ3n) is 6.25. The van der Waals surface area contributed by atoms with Crippen molar-refractivity contribution in [3.8, 4) is 11.6 Å². The van der Waals surface area contributed by atoms with Crippen LogP contribution in [-0.4, -0.2) is 47.9 Å². The van der Waals surface area contributed by atoms with E-state index < -0.39 is 23.8 Å². The van der Waals surface area contributed by atoms with Gasteiger partial charge in [0, 0.05) is 44.8 Å². The molecule has 2 aliphatic rings. The van der Waals surface area contributed by atoms with Crippen molar-refractivity contribution in [2.24, 2.45) is 19.8 Å². The van der Waals surface area contributed by atoms with Gasteiger partial charge in [-0.25, -0.2) is 23.4 Å². The summed E-state index contributed by atoms with van der Waals surface area (Å²) < 4.78 is 37.5. The van der Waals surface area contributed by atoms with Crippen molar-refractivity contribution in [3.05, 3.63) is 52.6 Å². The maximum absolute atomic E-state index is 14.2. The lowest BCUT2D eigenvalue weighted by atomic mass is 9.93. The van der Waals surface area contributed by atoms with Crippen LogP contribution < -0.4 is 5.73 Å². The van der Waals surface area contributed by atoms with Crippen molar-refractivity contribution >= 4 is 0 Å². The van der Waals surface area contributed by atoms with Gasteiger partial charge >= 0.3 is 0 Å². The Labute approximate surface area is 178 Å². The molecule has 164 valence electrons. The van der Waals surface area contributed by atoms with Crippen molar-refractivity contribution in [2.75, 3.05) is 6.61 Å². The van der Waals surface area contributed by atoms with Gasteiger partial charge in [0.15, 0.2) is 11.6 Å². The van der Waals surface area contributed by atoms with E-state index in [1.807, 2.05) is 21.0 Å². The molecular formula is C21H25F2N7O. The second-order valence-electron chi connectivity index (χ2n) is 8.37. The van der Waals surface area contributed by atoms with E-state index in [-0.39, 0.29) is 11.6 Å². The molecule has 2 aliphatic heterocycles. The Morgan fingerprint density at radius 2 is 1.94 bits per heavy atom. The highest BCUT2D eigenvalue weighted by molar-refractivity contribution is 5.48. The molecule has 8 nitrogen and oxygen atoms in total. The fourth-order valence-electron chi connectivity index (χ4n) is 4.67. The molecule has 10 heteroatoms. The fourth-order valence-corrected chi connectivity index (χ4v) is 4.67.